The highest BCUT2D eigenvalue weighted by atomic mass is 16.6. The molecule has 1 aliphatic rings. The van der Waals surface area contributed by atoms with Gasteiger partial charge in [-0.3, -0.25) is 4.79 Å². The summed E-state index contributed by atoms with van der Waals surface area (Å²) in [7, 11) is 1.33. The molecule has 1 aliphatic heterocycles. The van der Waals surface area contributed by atoms with Crippen LogP contribution < -0.4 is 5.73 Å². The Bertz CT molecular complexity index is 520. The van der Waals surface area contributed by atoms with Gasteiger partial charge in [0.25, 0.3) is 0 Å². The summed E-state index contributed by atoms with van der Waals surface area (Å²) in [5.41, 5.74) is 6.41. The van der Waals surface area contributed by atoms with Crippen LogP contribution in [0.3, 0.4) is 0 Å². The van der Waals surface area contributed by atoms with Crippen LogP contribution >= 0.6 is 0 Å². The monoisotopic (exact) mass is 306 g/mol. The van der Waals surface area contributed by atoms with Crippen molar-refractivity contribution in [2.24, 2.45) is 5.73 Å². The Morgan fingerprint density at radius 1 is 1.32 bits per heavy atom. The van der Waals surface area contributed by atoms with E-state index < -0.39 is 11.6 Å². The second kappa shape index (κ2) is 7.26. The Morgan fingerprint density at radius 2 is 2.05 bits per heavy atom. The summed E-state index contributed by atoms with van der Waals surface area (Å²) in [5, 5.41) is 0. The molecule has 1 aromatic carbocycles. The van der Waals surface area contributed by atoms with Gasteiger partial charge in [0.05, 0.1) is 13.5 Å². The quantitative estimate of drug-likeness (QED) is 0.856. The highest BCUT2D eigenvalue weighted by Gasteiger charge is 2.36. The molecule has 1 fully saturated rings. The number of hydrogen-bond acceptors (Lipinski definition) is 5. The number of likely N-dealkylation sites (tertiary alicyclic amines) is 1. The molecule has 2 N–H and O–H groups in total. The van der Waals surface area contributed by atoms with Crippen LogP contribution in [0.4, 0.5) is 4.79 Å². The minimum Gasteiger partial charge on any atom is -0.469 e. The molecule has 1 heterocycles. The third-order valence-electron chi connectivity index (χ3n) is 3.80. The lowest BCUT2D eigenvalue weighted by atomic mass is 9.87. The average Bonchev–Trinajstić information content (AvgIpc) is 2.53. The van der Waals surface area contributed by atoms with Gasteiger partial charge in [0.2, 0.25) is 0 Å². The van der Waals surface area contributed by atoms with Gasteiger partial charge in [-0.05, 0) is 18.4 Å². The fraction of sp³-hybridized carbons (Fsp3) is 0.500. The molecule has 6 heteroatoms. The van der Waals surface area contributed by atoms with Crippen molar-refractivity contribution in [3.8, 4) is 0 Å². The summed E-state index contributed by atoms with van der Waals surface area (Å²) in [6, 6.07) is 9.49. The summed E-state index contributed by atoms with van der Waals surface area (Å²) >= 11 is 0. The maximum absolute atomic E-state index is 12.1. The van der Waals surface area contributed by atoms with Crippen molar-refractivity contribution in [2.75, 3.05) is 20.2 Å². The zero-order valence-electron chi connectivity index (χ0n) is 12.8. The number of methoxy groups -OCH3 is 1. The molecule has 120 valence electrons. The van der Waals surface area contributed by atoms with Gasteiger partial charge in [0, 0.05) is 18.6 Å². The van der Waals surface area contributed by atoms with E-state index in [1.807, 2.05) is 30.3 Å². The largest absolute Gasteiger partial charge is 0.469 e. The van der Waals surface area contributed by atoms with E-state index in [9.17, 15) is 9.59 Å². The highest BCUT2D eigenvalue weighted by molar-refractivity contribution is 5.72. The zero-order chi connectivity index (χ0) is 16.0. The van der Waals surface area contributed by atoms with E-state index in [0.717, 1.165) is 12.0 Å². The van der Waals surface area contributed by atoms with Crippen molar-refractivity contribution in [2.45, 2.75) is 31.4 Å². The van der Waals surface area contributed by atoms with Gasteiger partial charge in [0.15, 0.2) is 0 Å². The van der Waals surface area contributed by atoms with Crippen molar-refractivity contribution < 1.29 is 19.1 Å². The van der Waals surface area contributed by atoms with Crippen LogP contribution in [0.1, 0.15) is 24.8 Å². The lowest BCUT2D eigenvalue weighted by Gasteiger charge is -2.39. The molecule has 1 atom stereocenters. The number of nitrogens with zero attached hydrogens (tertiary/aromatic N) is 1. The molecule has 1 aromatic rings. The molecular formula is C16H22N2O4. The summed E-state index contributed by atoms with van der Waals surface area (Å²) in [4.78, 5) is 25.1. The van der Waals surface area contributed by atoms with Gasteiger partial charge < -0.3 is 20.1 Å². The summed E-state index contributed by atoms with van der Waals surface area (Å²) in [6.45, 7) is 1.12. The summed E-state index contributed by atoms with van der Waals surface area (Å²) < 4.78 is 9.97. The zero-order valence-corrected chi connectivity index (χ0v) is 12.8. The maximum Gasteiger partial charge on any atom is 0.410 e. The van der Waals surface area contributed by atoms with Gasteiger partial charge in [-0.1, -0.05) is 30.3 Å². The number of carbonyl (C=O) groups is 2. The molecule has 2 rings (SSSR count). The molecule has 0 radical (unpaired) electrons. The third-order valence-corrected chi connectivity index (χ3v) is 3.80. The molecule has 22 heavy (non-hydrogen) atoms. The number of benzene rings is 1. The van der Waals surface area contributed by atoms with Gasteiger partial charge in [-0.25, -0.2) is 4.79 Å². The van der Waals surface area contributed by atoms with Crippen molar-refractivity contribution in [1.82, 2.24) is 4.90 Å². The standard InChI is InChI=1S/C16H22N2O4/c1-21-14(19)10-16(17)8-5-9-18(12-16)15(20)22-11-13-6-3-2-4-7-13/h2-4,6-7H,5,8-12,17H2,1H3. The van der Waals surface area contributed by atoms with Crippen LogP contribution in [0.2, 0.25) is 0 Å². The predicted octanol–water partition coefficient (Wildman–Crippen LogP) is 1.68. The van der Waals surface area contributed by atoms with E-state index in [4.69, 9.17) is 10.5 Å². The SMILES string of the molecule is COC(=O)CC1(N)CCCN(C(=O)OCc2ccccc2)C1. The Morgan fingerprint density at radius 3 is 2.73 bits per heavy atom. The van der Waals surface area contributed by atoms with Crippen LogP contribution in [0.15, 0.2) is 30.3 Å². The number of amides is 1. The molecule has 1 unspecified atom stereocenters. The topological polar surface area (TPSA) is 81.9 Å². The number of ether oxygens (including phenoxy) is 2. The minimum absolute atomic E-state index is 0.103. The molecule has 6 nitrogen and oxygen atoms in total. The first-order valence-electron chi connectivity index (χ1n) is 7.34. The second-order valence-corrected chi connectivity index (χ2v) is 5.68. The molecule has 0 aliphatic carbocycles. The van der Waals surface area contributed by atoms with Crippen molar-refractivity contribution >= 4 is 12.1 Å². The molecular weight excluding hydrogens is 284 g/mol. The number of piperidine rings is 1. The summed E-state index contributed by atoms with van der Waals surface area (Å²) in [5.74, 6) is -0.359. The van der Waals surface area contributed by atoms with Gasteiger partial charge in [-0.2, -0.15) is 0 Å². The number of rotatable bonds is 4. The second-order valence-electron chi connectivity index (χ2n) is 5.68. The number of nitrogens with two attached hydrogens (primary N) is 1. The Hall–Kier alpha value is -2.08. The van der Waals surface area contributed by atoms with Crippen molar-refractivity contribution in [3.63, 3.8) is 0 Å². The average molecular weight is 306 g/mol. The van der Waals surface area contributed by atoms with Crippen molar-refractivity contribution in [3.05, 3.63) is 35.9 Å². The van der Waals surface area contributed by atoms with Crippen molar-refractivity contribution in [1.29, 1.82) is 0 Å². The molecule has 1 saturated heterocycles. The Labute approximate surface area is 130 Å². The highest BCUT2D eigenvalue weighted by Crippen LogP contribution is 2.23. The van der Waals surface area contributed by atoms with E-state index in [1.165, 1.54) is 7.11 Å². The molecule has 0 saturated carbocycles. The Kier molecular flexibility index (Phi) is 5.38. The first-order chi connectivity index (χ1) is 10.5. The van der Waals surface area contributed by atoms with E-state index >= 15 is 0 Å². The molecule has 0 bridgehead atoms. The minimum atomic E-state index is -0.739. The van der Waals surface area contributed by atoms with Gasteiger partial charge in [0.1, 0.15) is 6.61 Å². The van der Waals surface area contributed by atoms with Crippen LogP contribution in [0.25, 0.3) is 0 Å². The van der Waals surface area contributed by atoms with Crippen LogP contribution in [0.5, 0.6) is 0 Å². The molecule has 0 aromatic heterocycles. The maximum atomic E-state index is 12.1. The third kappa shape index (κ3) is 4.46. The number of esters is 1. The fourth-order valence-electron chi connectivity index (χ4n) is 2.63. The lowest BCUT2D eigenvalue weighted by molar-refractivity contribution is -0.142. The first kappa shape index (κ1) is 16.3. The van der Waals surface area contributed by atoms with E-state index in [0.29, 0.717) is 19.5 Å². The number of carbonyl (C=O) groups excluding carboxylic acids is 2. The van der Waals surface area contributed by atoms with Crippen LogP contribution in [0, 0.1) is 0 Å². The van der Waals surface area contributed by atoms with Gasteiger partial charge >= 0.3 is 12.1 Å². The van der Waals surface area contributed by atoms with Gasteiger partial charge in [-0.15, -0.1) is 0 Å². The molecule has 0 spiro atoms. The van der Waals surface area contributed by atoms with Crippen LogP contribution in [-0.4, -0.2) is 42.7 Å². The smallest absolute Gasteiger partial charge is 0.410 e. The fourth-order valence-corrected chi connectivity index (χ4v) is 2.63. The number of hydrogen-bond donors (Lipinski definition) is 1. The summed E-state index contributed by atoms with van der Waals surface area (Å²) in [6.07, 6.45) is 1.13. The Balaban J connectivity index is 1.88. The molecule has 1 amide bonds. The van der Waals surface area contributed by atoms with E-state index in [2.05, 4.69) is 4.74 Å². The van der Waals surface area contributed by atoms with Crippen LogP contribution in [-0.2, 0) is 20.9 Å². The van der Waals surface area contributed by atoms with E-state index in [1.54, 1.807) is 4.90 Å². The lowest BCUT2D eigenvalue weighted by Crippen LogP contribution is -2.56. The normalized spacial score (nSPS) is 21.3. The first-order valence-corrected chi connectivity index (χ1v) is 7.34. The van der Waals surface area contributed by atoms with E-state index in [-0.39, 0.29) is 19.0 Å². The predicted molar refractivity (Wildman–Crippen MR) is 81.0 cm³/mol.